The zero-order valence-corrected chi connectivity index (χ0v) is 11.6. The molecule has 2 aromatic rings. The Kier molecular flexibility index (Phi) is 4.96. The molecular weight excluding hydrogens is 262 g/mol. The lowest BCUT2D eigenvalue weighted by atomic mass is 10.2. The van der Waals surface area contributed by atoms with Crippen molar-refractivity contribution in [1.29, 1.82) is 0 Å². The average Bonchev–Trinajstić information content (AvgIpc) is 2.89. The Morgan fingerprint density at radius 1 is 1.37 bits per heavy atom. The van der Waals surface area contributed by atoms with Crippen LogP contribution in [0.2, 0.25) is 5.02 Å². The lowest BCUT2D eigenvalue weighted by Crippen LogP contribution is -2.31. The standard InChI is InChI=1S/C14H18ClN3O/c1-2-13(10-19)16-7-11-8-17-18(9-11)14-5-3-12(15)4-6-14/h3-6,8-9,13,16,19H,2,7,10H2,1H3. The van der Waals surface area contributed by atoms with E-state index in [1.165, 1.54) is 0 Å². The monoisotopic (exact) mass is 279 g/mol. The van der Waals surface area contributed by atoms with Crippen molar-refractivity contribution in [3.63, 3.8) is 0 Å². The van der Waals surface area contributed by atoms with Crippen LogP contribution in [-0.2, 0) is 6.54 Å². The summed E-state index contributed by atoms with van der Waals surface area (Å²) < 4.78 is 1.81. The Morgan fingerprint density at radius 2 is 2.11 bits per heavy atom. The van der Waals surface area contributed by atoms with Crippen LogP contribution >= 0.6 is 11.6 Å². The summed E-state index contributed by atoms with van der Waals surface area (Å²) in [5.74, 6) is 0. The van der Waals surface area contributed by atoms with Crippen LogP contribution in [-0.4, -0.2) is 27.5 Å². The summed E-state index contributed by atoms with van der Waals surface area (Å²) in [6.45, 7) is 2.90. The minimum Gasteiger partial charge on any atom is -0.395 e. The van der Waals surface area contributed by atoms with Gasteiger partial charge in [0.1, 0.15) is 0 Å². The molecule has 0 aliphatic rings. The number of aliphatic hydroxyl groups excluding tert-OH is 1. The van der Waals surface area contributed by atoms with Gasteiger partial charge in [-0.2, -0.15) is 5.10 Å². The number of nitrogens with zero attached hydrogens (tertiary/aromatic N) is 2. The molecule has 0 saturated heterocycles. The van der Waals surface area contributed by atoms with Crippen molar-refractivity contribution in [2.45, 2.75) is 25.9 Å². The van der Waals surface area contributed by atoms with E-state index >= 15 is 0 Å². The molecule has 0 fully saturated rings. The number of benzene rings is 1. The van der Waals surface area contributed by atoms with E-state index in [2.05, 4.69) is 10.4 Å². The van der Waals surface area contributed by atoms with Gasteiger partial charge >= 0.3 is 0 Å². The maximum atomic E-state index is 9.12. The Hall–Kier alpha value is -1.36. The van der Waals surface area contributed by atoms with Crippen molar-refractivity contribution >= 4 is 11.6 Å². The van der Waals surface area contributed by atoms with Crippen molar-refractivity contribution in [2.75, 3.05) is 6.61 Å². The van der Waals surface area contributed by atoms with Crippen LogP contribution in [0.15, 0.2) is 36.7 Å². The van der Waals surface area contributed by atoms with Gasteiger partial charge in [0.05, 0.1) is 18.5 Å². The topological polar surface area (TPSA) is 50.1 Å². The van der Waals surface area contributed by atoms with Crippen LogP contribution in [0, 0.1) is 0 Å². The first-order valence-corrected chi connectivity index (χ1v) is 6.74. The van der Waals surface area contributed by atoms with Crippen molar-refractivity contribution < 1.29 is 5.11 Å². The predicted octanol–water partition coefficient (Wildman–Crippen LogP) is 2.39. The van der Waals surface area contributed by atoms with E-state index in [-0.39, 0.29) is 12.6 Å². The van der Waals surface area contributed by atoms with Crippen LogP contribution in [0.1, 0.15) is 18.9 Å². The fraction of sp³-hybridized carbons (Fsp3) is 0.357. The lowest BCUT2D eigenvalue weighted by molar-refractivity contribution is 0.238. The summed E-state index contributed by atoms with van der Waals surface area (Å²) in [5.41, 5.74) is 2.06. The first kappa shape index (κ1) is 14.1. The number of aliphatic hydroxyl groups is 1. The highest BCUT2D eigenvalue weighted by Crippen LogP contribution is 2.13. The summed E-state index contributed by atoms with van der Waals surface area (Å²) in [5, 5.41) is 17.4. The molecule has 1 unspecified atom stereocenters. The molecule has 0 amide bonds. The van der Waals surface area contributed by atoms with Gasteiger partial charge in [-0.1, -0.05) is 18.5 Å². The van der Waals surface area contributed by atoms with Crippen LogP contribution < -0.4 is 5.32 Å². The van der Waals surface area contributed by atoms with Gasteiger partial charge in [-0.05, 0) is 30.7 Å². The van der Waals surface area contributed by atoms with E-state index in [4.69, 9.17) is 16.7 Å². The van der Waals surface area contributed by atoms with Crippen molar-refractivity contribution in [3.8, 4) is 5.69 Å². The van der Waals surface area contributed by atoms with E-state index in [9.17, 15) is 0 Å². The van der Waals surface area contributed by atoms with Gasteiger partial charge in [-0.3, -0.25) is 0 Å². The minimum absolute atomic E-state index is 0.138. The summed E-state index contributed by atoms with van der Waals surface area (Å²) >= 11 is 5.86. The van der Waals surface area contributed by atoms with E-state index in [0.29, 0.717) is 11.6 Å². The Labute approximate surface area is 118 Å². The molecule has 4 nitrogen and oxygen atoms in total. The second-order valence-electron chi connectivity index (χ2n) is 4.44. The SMILES string of the molecule is CCC(CO)NCc1cnn(-c2ccc(Cl)cc2)c1. The Morgan fingerprint density at radius 3 is 2.74 bits per heavy atom. The molecule has 2 rings (SSSR count). The first-order valence-electron chi connectivity index (χ1n) is 6.36. The summed E-state index contributed by atoms with van der Waals surface area (Å²) in [4.78, 5) is 0. The summed E-state index contributed by atoms with van der Waals surface area (Å²) in [7, 11) is 0. The number of halogens is 1. The zero-order chi connectivity index (χ0) is 13.7. The van der Waals surface area contributed by atoms with Crippen LogP contribution in [0.3, 0.4) is 0 Å². The molecule has 0 aliphatic carbocycles. The first-order chi connectivity index (χ1) is 9.22. The molecule has 0 aliphatic heterocycles. The fourth-order valence-electron chi connectivity index (χ4n) is 1.79. The van der Waals surface area contributed by atoms with Crippen molar-refractivity contribution in [1.82, 2.24) is 15.1 Å². The third-order valence-electron chi connectivity index (χ3n) is 3.04. The highest BCUT2D eigenvalue weighted by Gasteiger charge is 2.05. The molecule has 0 radical (unpaired) electrons. The highest BCUT2D eigenvalue weighted by atomic mass is 35.5. The lowest BCUT2D eigenvalue weighted by Gasteiger charge is -2.12. The Balaban J connectivity index is 2.01. The minimum atomic E-state index is 0.138. The van der Waals surface area contributed by atoms with Gasteiger partial charge < -0.3 is 10.4 Å². The van der Waals surface area contributed by atoms with Gasteiger partial charge in [0.2, 0.25) is 0 Å². The zero-order valence-electron chi connectivity index (χ0n) is 10.9. The van der Waals surface area contributed by atoms with Gasteiger partial charge in [0.15, 0.2) is 0 Å². The molecule has 5 heteroatoms. The average molecular weight is 280 g/mol. The van der Waals surface area contributed by atoms with Crippen LogP contribution in [0.5, 0.6) is 0 Å². The van der Waals surface area contributed by atoms with Crippen LogP contribution in [0.4, 0.5) is 0 Å². The van der Waals surface area contributed by atoms with Gasteiger partial charge in [0.25, 0.3) is 0 Å². The number of hydrogen-bond acceptors (Lipinski definition) is 3. The van der Waals surface area contributed by atoms with Gasteiger partial charge in [-0.15, -0.1) is 0 Å². The number of hydrogen-bond donors (Lipinski definition) is 2. The molecule has 102 valence electrons. The van der Waals surface area contributed by atoms with Crippen molar-refractivity contribution in [3.05, 3.63) is 47.2 Å². The molecule has 0 spiro atoms. The quantitative estimate of drug-likeness (QED) is 0.854. The third-order valence-corrected chi connectivity index (χ3v) is 3.29. The molecule has 0 bridgehead atoms. The second-order valence-corrected chi connectivity index (χ2v) is 4.87. The molecule has 19 heavy (non-hydrogen) atoms. The fourth-order valence-corrected chi connectivity index (χ4v) is 1.91. The highest BCUT2D eigenvalue weighted by molar-refractivity contribution is 6.30. The van der Waals surface area contributed by atoms with Gasteiger partial charge in [-0.25, -0.2) is 4.68 Å². The molecule has 2 N–H and O–H groups in total. The van der Waals surface area contributed by atoms with E-state index < -0.39 is 0 Å². The normalized spacial score (nSPS) is 12.6. The number of rotatable bonds is 6. The number of nitrogens with one attached hydrogen (secondary N) is 1. The van der Waals surface area contributed by atoms with E-state index in [1.54, 1.807) is 0 Å². The molecule has 0 saturated carbocycles. The maximum absolute atomic E-state index is 9.12. The summed E-state index contributed by atoms with van der Waals surface area (Å²) in [6.07, 6.45) is 4.70. The second kappa shape index (κ2) is 6.70. The smallest absolute Gasteiger partial charge is 0.0646 e. The molecule has 1 atom stereocenters. The van der Waals surface area contributed by atoms with Crippen LogP contribution in [0.25, 0.3) is 5.69 Å². The Bertz CT molecular complexity index is 506. The third kappa shape index (κ3) is 3.80. The van der Waals surface area contributed by atoms with Crippen molar-refractivity contribution in [2.24, 2.45) is 0 Å². The molecule has 1 aromatic heterocycles. The van der Waals surface area contributed by atoms with E-state index in [0.717, 1.165) is 17.7 Å². The largest absolute Gasteiger partial charge is 0.395 e. The molecule has 1 heterocycles. The molecular formula is C14H18ClN3O. The number of aromatic nitrogens is 2. The maximum Gasteiger partial charge on any atom is 0.0646 e. The molecule has 1 aromatic carbocycles. The van der Waals surface area contributed by atoms with Gasteiger partial charge in [0, 0.05) is 29.4 Å². The summed E-state index contributed by atoms with van der Waals surface area (Å²) in [6, 6.07) is 7.67. The van der Waals surface area contributed by atoms with E-state index in [1.807, 2.05) is 48.3 Å². The predicted molar refractivity (Wildman–Crippen MR) is 76.6 cm³/mol.